The lowest BCUT2D eigenvalue weighted by Crippen LogP contribution is -2.52. The first kappa shape index (κ1) is 26.1. The first-order valence-electron chi connectivity index (χ1n) is 12.3. The molecular formula is C26H31FN6O4. The molecule has 1 aliphatic carbocycles. The molecule has 1 N–H and O–H groups in total. The van der Waals surface area contributed by atoms with Gasteiger partial charge in [0.1, 0.15) is 18.4 Å². The number of nitrogens with one attached hydrogen (secondary N) is 1. The second-order valence-electron chi connectivity index (χ2n) is 8.87. The molecule has 2 amide bonds. The summed E-state index contributed by atoms with van der Waals surface area (Å²) in [5.41, 5.74) is 0.916. The summed E-state index contributed by atoms with van der Waals surface area (Å²) in [4.78, 5) is 29.3. The van der Waals surface area contributed by atoms with Gasteiger partial charge in [0, 0.05) is 17.3 Å². The zero-order chi connectivity index (χ0) is 26.4. The van der Waals surface area contributed by atoms with Gasteiger partial charge < -0.3 is 14.8 Å². The fraction of sp³-hybridized carbons (Fsp3) is 0.423. The molecule has 1 fully saturated rings. The minimum atomic E-state index is -0.816. The molecule has 0 bridgehead atoms. The van der Waals surface area contributed by atoms with Crippen LogP contribution >= 0.6 is 0 Å². The molecule has 1 aromatic heterocycles. The van der Waals surface area contributed by atoms with E-state index in [1.807, 2.05) is 6.92 Å². The van der Waals surface area contributed by atoms with Crippen molar-refractivity contribution in [3.63, 3.8) is 0 Å². The minimum absolute atomic E-state index is 0.0899. The third-order valence-corrected chi connectivity index (χ3v) is 6.43. The molecule has 37 heavy (non-hydrogen) atoms. The van der Waals surface area contributed by atoms with Gasteiger partial charge in [0.05, 0.1) is 14.2 Å². The number of aromatic nitrogens is 4. The predicted octanol–water partition coefficient (Wildman–Crippen LogP) is 3.37. The fourth-order valence-corrected chi connectivity index (χ4v) is 4.57. The minimum Gasteiger partial charge on any atom is -0.493 e. The maximum atomic E-state index is 14.1. The third-order valence-electron chi connectivity index (χ3n) is 6.43. The monoisotopic (exact) mass is 510 g/mol. The predicted molar refractivity (Wildman–Crippen MR) is 135 cm³/mol. The second kappa shape index (κ2) is 11.8. The Balaban J connectivity index is 1.58. The van der Waals surface area contributed by atoms with Crippen molar-refractivity contribution < 1.29 is 23.5 Å². The number of benzene rings is 2. The van der Waals surface area contributed by atoms with Crippen LogP contribution in [0.25, 0.3) is 11.4 Å². The van der Waals surface area contributed by atoms with Gasteiger partial charge in [-0.15, -0.1) is 10.2 Å². The standard InChI is InChI=1S/C26H31FN6O4/c1-4-21(26(35)28-19-9-5-6-10-19)33(20-11-7-8-18(27)15-20)24(34)16-32-30-25(29-31-32)17-12-13-22(36-2)23(14-17)37-3/h7-8,11-15,19,21H,4-6,9-10,16H2,1-3H3,(H,28,35)/t21-/m0/s1. The number of anilines is 1. The van der Waals surface area contributed by atoms with E-state index in [4.69, 9.17) is 9.47 Å². The summed E-state index contributed by atoms with van der Waals surface area (Å²) in [6.45, 7) is 1.53. The summed E-state index contributed by atoms with van der Waals surface area (Å²) >= 11 is 0. The third kappa shape index (κ3) is 6.04. The Kier molecular flexibility index (Phi) is 8.32. The number of halogens is 1. The van der Waals surface area contributed by atoms with Gasteiger partial charge in [-0.2, -0.15) is 4.80 Å². The van der Waals surface area contributed by atoms with Crippen LogP contribution in [-0.2, 0) is 16.1 Å². The Bertz CT molecular complexity index is 1240. The summed E-state index contributed by atoms with van der Waals surface area (Å²) in [5, 5.41) is 15.5. The normalized spacial score (nSPS) is 14.3. The quantitative estimate of drug-likeness (QED) is 0.445. The van der Waals surface area contributed by atoms with Gasteiger partial charge in [-0.1, -0.05) is 25.8 Å². The number of amides is 2. The molecule has 1 atom stereocenters. The highest BCUT2D eigenvalue weighted by molar-refractivity contribution is 6.00. The van der Waals surface area contributed by atoms with Gasteiger partial charge >= 0.3 is 0 Å². The molecule has 0 unspecified atom stereocenters. The van der Waals surface area contributed by atoms with Crippen molar-refractivity contribution in [3.8, 4) is 22.9 Å². The second-order valence-corrected chi connectivity index (χ2v) is 8.87. The average molecular weight is 511 g/mol. The Morgan fingerprint density at radius 3 is 2.57 bits per heavy atom. The van der Waals surface area contributed by atoms with E-state index < -0.39 is 17.8 Å². The van der Waals surface area contributed by atoms with Crippen molar-refractivity contribution in [2.45, 2.75) is 57.7 Å². The SMILES string of the molecule is CC[C@@H](C(=O)NC1CCCC1)N(C(=O)Cn1nnc(-c2ccc(OC)c(OC)c2)n1)c1cccc(F)c1. The van der Waals surface area contributed by atoms with Crippen molar-refractivity contribution in [3.05, 3.63) is 48.3 Å². The van der Waals surface area contributed by atoms with Gasteiger partial charge in [-0.3, -0.25) is 14.5 Å². The van der Waals surface area contributed by atoms with Crippen molar-refractivity contribution in [2.75, 3.05) is 19.1 Å². The van der Waals surface area contributed by atoms with Crippen molar-refractivity contribution >= 4 is 17.5 Å². The molecule has 3 aromatic rings. The maximum Gasteiger partial charge on any atom is 0.251 e. The Morgan fingerprint density at radius 1 is 1.14 bits per heavy atom. The lowest BCUT2D eigenvalue weighted by molar-refractivity contribution is -0.127. The van der Waals surface area contributed by atoms with Crippen LogP contribution in [0.1, 0.15) is 39.0 Å². The molecule has 1 aliphatic rings. The van der Waals surface area contributed by atoms with Crippen LogP contribution in [0.3, 0.4) is 0 Å². The van der Waals surface area contributed by atoms with Crippen molar-refractivity contribution in [1.29, 1.82) is 0 Å². The molecule has 0 aliphatic heterocycles. The first-order chi connectivity index (χ1) is 17.9. The van der Waals surface area contributed by atoms with Gasteiger partial charge in [0.15, 0.2) is 11.5 Å². The lowest BCUT2D eigenvalue weighted by atomic mass is 10.1. The number of rotatable bonds is 10. The molecule has 10 nitrogen and oxygen atoms in total. The molecule has 0 spiro atoms. The van der Waals surface area contributed by atoms with E-state index in [0.29, 0.717) is 29.2 Å². The molecular weight excluding hydrogens is 479 g/mol. The highest BCUT2D eigenvalue weighted by atomic mass is 19.1. The average Bonchev–Trinajstić information content (AvgIpc) is 3.59. The zero-order valence-electron chi connectivity index (χ0n) is 21.2. The Labute approximate surface area is 214 Å². The van der Waals surface area contributed by atoms with Crippen molar-refractivity contribution in [1.82, 2.24) is 25.5 Å². The number of methoxy groups -OCH3 is 2. The highest BCUT2D eigenvalue weighted by Crippen LogP contribution is 2.31. The summed E-state index contributed by atoms with van der Waals surface area (Å²) in [6, 6.07) is 10.1. The van der Waals surface area contributed by atoms with Gasteiger partial charge in [-0.25, -0.2) is 4.39 Å². The number of hydrogen-bond acceptors (Lipinski definition) is 7. The molecule has 196 valence electrons. The van der Waals surface area contributed by atoms with E-state index in [2.05, 4.69) is 20.7 Å². The van der Waals surface area contributed by atoms with Crippen LogP contribution < -0.4 is 19.7 Å². The fourth-order valence-electron chi connectivity index (χ4n) is 4.57. The van der Waals surface area contributed by atoms with E-state index in [-0.39, 0.29) is 24.3 Å². The smallest absolute Gasteiger partial charge is 0.251 e. The van der Waals surface area contributed by atoms with Crippen LogP contribution in [0, 0.1) is 5.82 Å². The molecule has 0 saturated heterocycles. The number of carbonyl (C=O) groups excluding carboxylic acids is 2. The first-order valence-corrected chi connectivity index (χ1v) is 12.3. The Morgan fingerprint density at radius 2 is 1.89 bits per heavy atom. The number of ether oxygens (including phenoxy) is 2. The van der Waals surface area contributed by atoms with Crippen LogP contribution in [0.15, 0.2) is 42.5 Å². The number of nitrogens with zero attached hydrogens (tertiary/aromatic N) is 5. The molecule has 4 rings (SSSR count). The van der Waals surface area contributed by atoms with Crippen LogP contribution in [0.4, 0.5) is 10.1 Å². The van der Waals surface area contributed by atoms with E-state index in [9.17, 15) is 14.0 Å². The summed E-state index contributed by atoms with van der Waals surface area (Å²) in [7, 11) is 3.07. The number of hydrogen-bond donors (Lipinski definition) is 1. The highest BCUT2D eigenvalue weighted by Gasteiger charge is 2.32. The largest absolute Gasteiger partial charge is 0.493 e. The van der Waals surface area contributed by atoms with E-state index in [1.54, 1.807) is 31.4 Å². The van der Waals surface area contributed by atoms with Gasteiger partial charge in [0.25, 0.3) is 5.91 Å². The lowest BCUT2D eigenvalue weighted by Gasteiger charge is -2.31. The van der Waals surface area contributed by atoms with E-state index in [1.165, 1.54) is 30.2 Å². The van der Waals surface area contributed by atoms with Crippen molar-refractivity contribution in [2.24, 2.45) is 0 Å². The number of carbonyl (C=O) groups is 2. The topological polar surface area (TPSA) is 111 Å². The molecule has 1 heterocycles. The summed E-state index contributed by atoms with van der Waals surface area (Å²) < 4.78 is 24.7. The number of tetrazole rings is 1. The summed E-state index contributed by atoms with van der Waals surface area (Å²) in [5.74, 6) is 0.123. The van der Waals surface area contributed by atoms with Crippen LogP contribution in [0.5, 0.6) is 11.5 Å². The summed E-state index contributed by atoms with van der Waals surface area (Å²) in [6.07, 6.45) is 4.31. The maximum absolute atomic E-state index is 14.1. The zero-order valence-corrected chi connectivity index (χ0v) is 21.2. The molecule has 2 aromatic carbocycles. The van der Waals surface area contributed by atoms with Crippen LogP contribution in [-0.4, -0.2) is 58.3 Å². The molecule has 0 radical (unpaired) electrons. The van der Waals surface area contributed by atoms with E-state index >= 15 is 0 Å². The molecule has 1 saturated carbocycles. The molecule has 11 heteroatoms. The van der Waals surface area contributed by atoms with E-state index in [0.717, 1.165) is 30.5 Å². The van der Waals surface area contributed by atoms with Gasteiger partial charge in [-0.05, 0) is 60.9 Å². The van der Waals surface area contributed by atoms with Crippen LogP contribution in [0.2, 0.25) is 0 Å². The Hall–Kier alpha value is -4.02. The van der Waals surface area contributed by atoms with Gasteiger partial charge in [0.2, 0.25) is 11.7 Å².